The number of benzene rings is 2. The molecule has 126 valence electrons. The Hall–Kier alpha value is -2.00. The van der Waals surface area contributed by atoms with E-state index in [1.165, 1.54) is 28.8 Å². The van der Waals surface area contributed by atoms with Gasteiger partial charge in [0.1, 0.15) is 5.75 Å². The number of hydrogen-bond donors (Lipinski definition) is 1. The standard InChI is InChI=1S/C21H26N2O/c1-16-4-2-3-5-21(16)23-12-10-22(11-13-23)19-8-6-18-15-20(24)9-7-17(18)14-19/h2-5,7,9,15,19,24H,6,8,10-14H2,1H3/t19-/m0/s1. The molecular weight excluding hydrogens is 296 g/mol. The summed E-state index contributed by atoms with van der Waals surface area (Å²) in [5.41, 5.74) is 5.52. The van der Waals surface area contributed by atoms with E-state index in [1.54, 1.807) is 0 Å². The molecule has 1 fully saturated rings. The zero-order valence-electron chi connectivity index (χ0n) is 14.4. The summed E-state index contributed by atoms with van der Waals surface area (Å²) < 4.78 is 0. The van der Waals surface area contributed by atoms with Crippen LogP contribution in [0.15, 0.2) is 42.5 Å². The SMILES string of the molecule is Cc1ccccc1N1CCN([C@H]2CCc3cc(O)ccc3C2)CC1. The van der Waals surface area contributed by atoms with Crippen LogP contribution in [-0.2, 0) is 12.8 Å². The molecule has 0 radical (unpaired) electrons. The van der Waals surface area contributed by atoms with Crippen LogP contribution in [0.25, 0.3) is 0 Å². The van der Waals surface area contributed by atoms with E-state index in [1.807, 2.05) is 12.1 Å². The topological polar surface area (TPSA) is 26.7 Å². The molecule has 0 saturated carbocycles. The van der Waals surface area contributed by atoms with Gasteiger partial charge in [-0.15, -0.1) is 0 Å². The maximum atomic E-state index is 9.65. The van der Waals surface area contributed by atoms with Gasteiger partial charge in [0.15, 0.2) is 0 Å². The number of piperazine rings is 1. The van der Waals surface area contributed by atoms with E-state index in [9.17, 15) is 5.11 Å². The lowest BCUT2D eigenvalue weighted by molar-refractivity contribution is 0.170. The molecule has 0 unspecified atom stereocenters. The fourth-order valence-corrected chi connectivity index (χ4v) is 4.28. The van der Waals surface area contributed by atoms with Gasteiger partial charge in [-0.1, -0.05) is 24.3 Å². The summed E-state index contributed by atoms with van der Waals surface area (Å²) in [7, 11) is 0. The summed E-state index contributed by atoms with van der Waals surface area (Å²) in [5, 5.41) is 9.65. The third-order valence-corrected chi connectivity index (χ3v) is 5.68. The Morgan fingerprint density at radius 1 is 0.958 bits per heavy atom. The van der Waals surface area contributed by atoms with E-state index < -0.39 is 0 Å². The van der Waals surface area contributed by atoms with Crippen molar-refractivity contribution in [1.29, 1.82) is 0 Å². The van der Waals surface area contributed by atoms with Crippen LogP contribution in [0.2, 0.25) is 0 Å². The van der Waals surface area contributed by atoms with Crippen LogP contribution in [0.5, 0.6) is 5.75 Å². The van der Waals surface area contributed by atoms with Crippen molar-refractivity contribution in [3.05, 3.63) is 59.2 Å². The zero-order valence-corrected chi connectivity index (χ0v) is 14.4. The number of para-hydroxylation sites is 1. The fourth-order valence-electron chi connectivity index (χ4n) is 4.28. The summed E-state index contributed by atoms with van der Waals surface area (Å²) in [5.74, 6) is 0.402. The molecule has 24 heavy (non-hydrogen) atoms. The Morgan fingerprint density at radius 3 is 2.54 bits per heavy atom. The first kappa shape index (κ1) is 15.5. The Kier molecular flexibility index (Phi) is 4.19. The smallest absolute Gasteiger partial charge is 0.115 e. The normalized spacial score (nSPS) is 21.5. The van der Waals surface area contributed by atoms with Crippen molar-refractivity contribution in [2.45, 2.75) is 32.2 Å². The lowest BCUT2D eigenvalue weighted by Crippen LogP contribution is -2.51. The van der Waals surface area contributed by atoms with Crippen molar-refractivity contribution >= 4 is 5.69 Å². The second-order valence-corrected chi connectivity index (χ2v) is 7.16. The molecule has 1 aliphatic carbocycles. The first-order valence-corrected chi connectivity index (χ1v) is 9.06. The van der Waals surface area contributed by atoms with E-state index in [0.717, 1.165) is 39.0 Å². The van der Waals surface area contributed by atoms with Crippen LogP contribution in [0, 0.1) is 6.92 Å². The highest BCUT2D eigenvalue weighted by molar-refractivity contribution is 5.53. The average molecular weight is 322 g/mol. The minimum absolute atomic E-state index is 0.402. The number of phenolic OH excluding ortho intramolecular Hbond substituents is 1. The van der Waals surface area contributed by atoms with E-state index in [4.69, 9.17) is 0 Å². The van der Waals surface area contributed by atoms with Crippen molar-refractivity contribution in [3.8, 4) is 5.75 Å². The van der Waals surface area contributed by atoms with Gasteiger partial charge in [0, 0.05) is 37.9 Å². The molecule has 0 bridgehead atoms. The number of aryl methyl sites for hydroxylation is 2. The van der Waals surface area contributed by atoms with Gasteiger partial charge in [-0.3, -0.25) is 4.90 Å². The van der Waals surface area contributed by atoms with E-state index >= 15 is 0 Å². The Balaban J connectivity index is 1.40. The number of aromatic hydroxyl groups is 1. The average Bonchev–Trinajstić information content (AvgIpc) is 2.62. The van der Waals surface area contributed by atoms with Crippen molar-refractivity contribution in [1.82, 2.24) is 4.90 Å². The Morgan fingerprint density at radius 2 is 1.75 bits per heavy atom. The van der Waals surface area contributed by atoms with Gasteiger partial charge in [0.05, 0.1) is 0 Å². The minimum Gasteiger partial charge on any atom is -0.508 e. The van der Waals surface area contributed by atoms with Crippen molar-refractivity contribution in [2.75, 3.05) is 31.1 Å². The first-order valence-electron chi connectivity index (χ1n) is 9.06. The summed E-state index contributed by atoms with van der Waals surface area (Å²) >= 11 is 0. The van der Waals surface area contributed by atoms with Gasteiger partial charge in [-0.2, -0.15) is 0 Å². The number of nitrogens with zero attached hydrogens (tertiary/aromatic N) is 2. The molecule has 1 heterocycles. The molecule has 1 aliphatic heterocycles. The first-order chi connectivity index (χ1) is 11.7. The molecule has 3 heteroatoms. The van der Waals surface area contributed by atoms with Gasteiger partial charge in [0.25, 0.3) is 0 Å². The van der Waals surface area contributed by atoms with Crippen molar-refractivity contribution < 1.29 is 5.11 Å². The lowest BCUT2D eigenvalue weighted by Gasteiger charge is -2.42. The molecule has 1 saturated heterocycles. The Labute approximate surface area is 144 Å². The van der Waals surface area contributed by atoms with Crippen LogP contribution in [-0.4, -0.2) is 42.2 Å². The zero-order chi connectivity index (χ0) is 16.5. The van der Waals surface area contributed by atoms with Crippen LogP contribution < -0.4 is 4.90 Å². The number of fused-ring (bicyclic) bond motifs is 1. The van der Waals surface area contributed by atoms with E-state index in [-0.39, 0.29) is 0 Å². The molecule has 1 atom stereocenters. The van der Waals surface area contributed by atoms with Crippen LogP contribution in [0.3, 0.4) is 0 Å². The summed E-state index contributed by atoms with van der Waals surface area (Å²) in [6, 6.07) is 15.2. The molecule has 1 N–H and O–H groups in total. The predicted octanol–water partition coefficient (Wildman–Crippen LogP) is 3.38. The highest BCUT2D eigenvalue weighted by atomic mass is 16.3. The molecule has 0 aromatic heterocycles. The molecule has 0 spiro atoms. The van der Waals surface area contributed by atoms with E-state index in [2.05, 4.69) is 47.1 Å². The summed E-state index contributed by atoms with van der Waals surface area (Å²) in [4.78, 5) is 5.20. The van der Waals surface area contributed by atoms with Gasteiger partial charge < -0.3 is 10.0 Å². The maximum Gasteiger partial charge on any atom is 0.115 e. The third-order valence-electron chi connectivity index (χ3n) is 5.68. The molecular formula is C21H26N2O. The minimum atomic E-state index is 0.402. The maximum absolute atomic E-state index is 9.65. The molecule has 4 rings (SSSR count). The van der Waals surface area contributed by atoms with Gasteiger partial charge in [0.2, 0.25) is 0 Å². The van der Waals surface area contributed by atoms with Crippen LogP contribution in [0.1, 0.15) is 23.1 Å². The molecule has 3 nitrogen and oxygen atoms in total. The van der Waals surface area contributed by atoms with Crippen molar-refractivity contribution in [3.63, 3.8) is 0 Å². The second kappa shape index (κ2) is 6.48. The number of phenols is 1. The second-order valence-electron chi connectivity index (χ2n) is 7.16. The largest absolute Gasteiger partial charge is 0.508 e. The van der Waals surface area contributed by atoms with Crippen molar-refractivity contribution in [2.24, 2.45) is 0 Å². The Bertz CT molecular complexity index is 720. The lowest BCUT2D eigenvalue weighted by atomic mass is 9.87. The molecule has 0 amide bonds. The van der Waals surface area contributed by atoms with Gasteiger partial charge in [-0.05, 0) is 61.1 Å². The number of rotatable bonds is 2. The summed E-state index contributed by atoms with van der Waals surface area (Å²) in [6.07, 6.45) is 3.42. The van der Waals surface area contributed by atoms with E-state index in [0.29, 0.717) is 11.8 Å². The van der Waals surface area contributed by atoms with Crippen LogP contribution in [0.4, 0.5) is 5.69 Å². The van der Waals surface area contributed by atoms with Gasteiger partial charge >= 0.3 is 0 Å². The quantitative estimate of drug-likeness (QED) is 0.918. The van der Waals surface area contributed by atoms with Gasteiger partial charge in [-0.25, -0.2) is 0 Å². The monoisotopic (exact) mass is 322 g/mol. The molecule has 2 aromatic rings. The number of anilines is 1. The fraction of sp³-hybridized carbons (Fsp3) is 0.429. The summed E-state index contributed by atoms with van der Waals surface area (Å²) in [6.45, 7) is 6.72. The highest BCUT2D eigenvalue weighted by Crippen LogP contribution is 2.29. The number of hydrogen-bond acceptors (Lipinski definition) is 3. The highest BCUT2D eigenvalue weighted by Gasteiger charge is 2.27. The third kappa shape index (κ3) is 3.01. The van der Waals surface area contributed by atoms with Crippen LogP contribution >= 0.6 is 0 Å². The predicted molar refractivity (Wildman–Crippen MR) is 98.9 cm³/mol. The molecule has 2 aliphatic rings. The molecule has 2 aromatic carbocycles.